The number of hydrogen-bond donors (Lipinski definition) is 0. The monoisotopic (exact) mass is 315 g/mol. The predicted octanol–water partition coefficient (Wildman–Crippen LogP) is 2.02. The van der Waals surface area contributed by atoms with Gasteiger partial charge in [0.2, 0.25) is 5.91 Å². The van der Waals surface area contributed by atoms with Crippen LogP contribution in [0, 0.1) is 12.8 Å². The number of aromatic nitrogens is 2. The fourth-order valence-electron chi connectivity index (χ4n) is 4.55. The molecule has 1 aliphatic carbocycles. The third kappa shape index (κ3) is 2.65. The first-order valence-electron chi connectivity index (χ1n) is 8.87. The van der Waals surface area contributed by atoms with Crippen LogP contribution in [0.4, 0.5) is 0 Å². The maximum atomic E-state index is 12.9. The zero-order chi connectivity index (χ0) is 15.9. The molecular weight excluding hydrogens is 290 g/mol. The van der Waals surface area contributed by atoms with Gasteiger partial charge in [-0.25, -0.2) is 9.97 Å². The largest absolute Gasteiger partial charge is 0.381 e. The number of aryl methyl sites for hydroxylation is 2. The van der Waals surface area contributed by atoms with Crippen molar-refractivity contribution in [3.63, 3.8) is 0 Å². The minimum atomic E-state index is 0.0715. The molecule has 5 heteroatoms. The Balaban J connectivity index is 1.56. The molecule has 1 amide bonds. The van der Waals surface area contributed by atoms with Gasteiger partial charge in [-0.1, -0.05) is 0 Å². The quantitative estimate of drug-likeness (QED) is 0.795. The van der Waals surface area contributed by atoms with Gasteiger partial charge in [-0.15, -0.1) is 0 Å². The molecule has 4 rings (SSSR count). The number of carbonyl (C=O) groups excluding carboxylic acids is 1. The van der Waals surface area contributed by atoms with E-state index in [9.17, 15) is 4.79 Å². The fourth-order valence-corrected chi connectivity index (χ4v) is 4.55. The summed E-state index contributed by atoms with van der Waals surface area (Å²) in [5, 5.41) is 0. The molecule has 5 nitrogen and oxygen atoms in total. The summed E-state index contributed by atoms with van der Waals surface area (Å²) in [4.78, 5) is 24.1. The zero-order valence-corrected chi connectivity index (χ0v) is 13.9. The number of hydrogen-bond acceptors (Lipinski definition) is 4. The topological polar surface area (TPSA) is 55.3 Å². The highest BCUT2D eigenvalue weighted by atomic mass is 16.5. The maximum Gasteiger partial charge on any atom is 0.225 e. The Labute approximate surface area is 137 Å². The third-order valence-electron chi connectivity index (χ3n) is 5.82. The summed E-state index contributed by atoms with van der Waals surface area (Å²) < 4.78 is 5.40. The minimum absolute atomic E-state index is 0.0715. The standard InChI is InChI=1S/C18H25N3O2/c1-13-19-11-15-3-7-18(16(15)20-13)6-2-8-21(12-18)17(22)14-4-9-23-10-5-14/h11,14H,2-10,12H2,1H3. The molecule has 2 saturated heterocycles. The van der Waals surface area contributed by atoms with Crippen molar-refractivity contribution in [3.8, 4) is 0 Å². The third-order valence-corrected chi connectivity index (χ3v) is 5.82. The van der Waals surface area contributed by atoms with Crippen LogP contribution in [0.15, 0.2) is 6.20 Å². The number of carbonyl (C=O) groups is 1. The molecule has 2 aliphatic heterocycles. The van der Waals surface area contributed by atoms with Crippen LogP contribution in [0.2, 0.25) is 0 Å². The first-order chi connectivity index (χ1) is 11.2. The second-order valence-corrected chi connectivity index (χ2v) is 7.32. The van der Waals surface area contributed by atoms with Gasteiger partial charge >= 0.3 is 0 Å². The van der Waals surface area contributed by atoms with E-state index in [1.807, 2.05) is 13.1 Å². The number of ether oxygens (including phenoxy) is 1. The molecule has 0 N–H and O–H groups in total. The normalized spacial score (nSPS) is 28.1. The smallest absolute Gasteiger partial charge is 0.225 e. The Kier molecular flexibility index (Phi) is 3.84. The van der Waals surface area contributed by atoms with Crippen molar-refractivity contribution in [2.24, 2.45) is 5.92 Å². The molecular formula is C18H25N3O2. The van der Waals surface area contributed by atoms with E-state index < -0.39 is 0 Å². The van der Waals surface area contributed by atoms with Crippen LogP contribution >= 0.6 is 0 Å². The van der Waals surface area contributed by atoms with Crippen LogP contribution in [0.1, 0.15) is 49.2 Å². The number of rotatable bonds is 1. The van der Waals surface area contributed by atoms with Crippen LogP contribution in [-0.4, -0.2) is 47.1 Å². The van der Waals surface area contributed by atoms with Crippen LogP contribution in [0.25, 0.3) is 0 Å². The second kappa shape index (κ2) is 5.86. The second-order valence-electron chi connectivity index (χ2n) is 7.32. The lowest BCUT2D eigenvalue weighted by Gasteiger charge is -2.42. The van der Waals surface area contributed by atoms with Gasteiger partial charge in [-0.2, -0.15) is 0 Å². The van der Waals surface area contributed by atoms with E-state index in [2.05, 4.69) is 9.88 Å². The van der Waals surface area contributed by atoms with Crippen molar-refractivity contribution in [2.45, 2.75) is 50.9 Å². The predicted molar refractivity (Wildman–Crippen MR) is 86.1 cm³/mol. The summed E-state index contributed by atoms with van der Waals surface area (Å²) >= 11 is 0. The first kappa shape index (κ1) is 15.1. The molecule has 2 fully saturated rings. The Hall–Kier alpha value is -1.49. The molecule has 0 aromatic carbocycles. The molecule has 3 aliphatic rings. The van der Waals surface area contributed by atoms with E-state index in [0.717, 1.165) is 70.7 Å². The number of piperidine rings is 1. The molecule has 1 atom stereocenters. The van der Waals surface area contributed by atoms with Crippen molar-refractivity contribution in [2.75, 3.05) is 26.3 Å². The van der Waals surface area contributed by atoms with E-state index >= 15 is 0 Å². The van der Waals surface area contributed by atoms with Crippen molar-refractivity contribution in [3.05, 3.63) is 23.3 Å². The van der Waals surface area contributed by atoms with Crippen molar-refractivity contribution in [1.82, 2.24) is 14.9 Å². The molecule has 1 spiro atoms. The minimum Gasteiger partial charge on any atom is -0.381 e. The Morgan fingerprint density at radius 3 is 3.00 bits per heavy atom. The van der Waals surface area contributed by atoms with Crippen molar-refractivity contribution >= 4 is 5.91 Å². The summed E-state index contributed by atoms with van der Waals surface area (Å²) in [6.45, 7) is 5.15. The summed E-state index contributed by atoms with van der Waals surface area (Å²) in [5.41, 5.74) is 2.58. The SMILES string of the molecule is Cc1ncc2c(n1)C1(CCCN(C(=O)C3CCOCC3)C1)CC2. The van der Waals surface area contributed by atoms with E-state index in [4.69, 9.17) is 9.72 Å². The lowest BCUT2D eigenvalue weighted by atomic mass is 9.77. The highest BCUT2D eigenvalue weighted by Crippen LogP contribution is 2.44. The van der Waals surface area contributed by atoms with Gasteiger partial charge in [-0.3, -0.25) is 4.79 Å². The Bertz CT molecular complexity index is 608. The van der Waals surface area contributed by atoms with Gasteiger partial charge in [0.15, 0.2) is 0 Å². The summed E-state index contributed by atoms with van der Waals surface area (Å²) in [5.74, 6) is 1.34. The Morgan fingerprint density at radius 1 is 1.35 bits per heavy atom. The molecule has 1 aromatic heterocycles. The number of likely N-dealkylation sites (tertiary alicyclic amines) is 1. The van der Waals surface area contributed by atoms with Crippen LogP contribution in [-0.2, 0) is 21.4 Å². The number of fused-ring (bicyclic) bond motifs is 2. The molecule has 0 saturated carbocycles. The van der Waals surface area contributed by atoms with E-state index in [1.165, 1.54) is 11.3 Å². The van der Waals surface area contributed by atoms with Crippen LogP contribution in [0.3, 0.4) is 0 Å². The lowest BCUT2D eigenvalue weighted by molar-refractivity contribution is -0.140. The lowest BCUT2D eigenvalue weighted by Crippen LogP contribution is -2.50. The summed E-state index contributed by atoms with van der Waals surface area (Å²) in [7, 11) is 0. The Morgan fingerprint density at radius 2 is 2.17 bits per heavy atom. The van der Waals surface area contributed by atoms with Crippen molar-refractivity contribution in [1.29, 1.82) is 0 Å². The highest BCUT2D eigenvalue weighted by Gasteiger charge is 2.45. The average Bonchev–Trinajstić information content (AvgIpc) is 2.93. The molecule has 0 radical (unpaired) electrons. The zero-order valence-electron chi connectivity index (χ0n) is 13.9. The maximum absolute atomic E-state index is 12.9. The van der Waals surface area contributed by atoms with Crippen LogP contribution < -0.4 is 0 Å². The average molecular weight is 315 g/mol. The first-order valence-corrected chi connectivity index (χ1v) is 8.87. The van der Waals surface area contributed by atoms with Gasteiger partial charge in [0, 0.05) is 43.8 Å². The molecule has 0 bridgehead atoms. The molecule has 1 aromatic rings. The molecule has 3 heterocycles. The van der Waals surface area contributed by atoms with E-state index in [0.29, 0.717) is 5.91 Å². The van der Waals surface area contributed by atoms with E-state index in [-0.39, 0.29) is 11.3 Å². The van der Waals surface area contributed by atoms with Gasteiger partial charge in [0.1, 0.15) is 5.82 Å². The van der Waals surface area contributed by atoms with E-state index in [1.54, 1.807) is 0 Å². The fraction of sp³-hybridized carbons (Fsp3) is 0.722. The summed E-state index contributed by atoms with van der Waals surface area (Å²) in [6, 6.07) is 0. The number of nitrogens with zero attached hydrogens (tertiary/aromatic N) is 3. The summed E-state index contributed by atoms with van der Waals surface area (Å²) in [6.07, 6.45) is 8.13. The molecule has 1 unspecified atom stereocenters. The molecule has 124 valence electrons. The van der Waals surface area contributed by atoms with Gasteiger partial charge < -0.3 is 9.64 Å². The van der Waals surface area contributed by atoms with Gasteiger partial charge in [0.25, 0.3) is 0 Å². The van der Waals surface area contributed by atoms with Gasteiger partial charge in [-0.05, 0) is 51.0 Å². The highest BCUT2D eigenvalue weighted by molar-refractivity contribution is 5.79. The van der Waals surface area contributed by atoms with Crippen molar-refractivity contribution < 1.29 is 9.53 Å². The van der Waals surface area contributed by atoms with Gasteiger partial charge in [0.05, 0.1) is 5.69 Å². The number of amides is 1. The van der Waals surface area contributed by atoms with Crippen LogP contribution in [0.5, 0.6) is 0 Å². The molecule has 23 heavy (non-hydrogen) atoms.